The summed E-state index contributed by atoms with van der Waals surface area (Å²) in [7, 11) is 0. The zero-order valence-corrected chi connectivity index (χ0v) is 14.0. The predicted octanol–water partition coefficient (Wildman–Crippen LogP) is 3.09. The van der Waals surface area contributed by atoms with Gasteiger partial charge in [0, 0.05) is 36.3 Å². The van der Waals surface area contributed by atoms with Gasteiger partial charge in [0.25, 0.3) is 5.91 Å². The van der Waals surface area contributed by atoms with Crippen molar-refractivity contribution in [2.75, 3.05) is 19.6 Å². The topological polar surface area (TPSA) is 45.2 Å². The summed E-state index contributed by atoms with van der Waals surface area (Å²) in [6.45, 7) is 7.09. The van der Waals surface area contributed by atoms with E-state index in [9.17, 15) is 4.79 Å². The molecule has 0 saturated carbocycles. The first-order chi connectivity index (χ1) is 11.1. The monoisotopic (exact) mass is 311 g/mol. The van der Waals surface area contributed by atoms with Gasteiger partial charge in [0.15, 0.2) is 0 Å². The van der Waals surface area contributed by atoms with E-state index in [0.29, 0.717) is 12.0 Å². The van der Waals surface area contributed by atoms with Gasteiger partial charge in [-0.25, -0.2) is 0 Å². The Morgan fingerprint density at radius 2 is 2.26 bits per heavy atom. The first-order valence-corrected chi connectivity index (χ1v) is 8.51. The minimum atomic E-state index is 0.137. The zero-order chi connectivity index (χ0) is 16.2. The Balaban J connectivity index is 1.88. The average molecular weight is 311 g/mol. The molecule has 23 heavy (non-hydrogen) atoms. The largest absolute Gasteiger partial charge is 0.334 e. The summed E-state index contributed by atoms with van der Waals surface area (Å²) in [6.07, 6.45) is 4.00. The van der Waals surface area contributed by atoms with Crippen molar-refractivity contribution in [2.24, 2.45) is 5.92 Å². The number of nitrogens with zero attached hydrogens (tertiary/aromatic N) is 2. The summed E-state index contributed by atoms with van der Waals surface area (Å²) >= 11 is 0. The third kappa shape index (κ3) is 3.70. The van der Waals surface area contributed by atoms with E-state index in [2.05, 4.69) is 29.0 Å². The van der Waals surface area contributed by atoms with E-state index in [1.807, 2.05) is 30.3 Å². The van der Waals surface area contributed by atoms with E-state index < -0.39 is 0 Å². The number of fused-ring (bicyclic) bond motifs is 1. The molecule has 1 fully saturated rings. The average Bonchev–Trinajstić information content (AvgIpc) is 2.59. The number of benzene rings is 1. The number of aromatic nitrogens is 1. The summed E-state index contributed by atoms with van der Waals surface area (Å²) in [5, 5.41) is 4.44. The molecule has 1 aromatic heterocycles. The van der Waals surface area contributed by atoms with Gasteiger partial charge in [-0.1, -0.05) is 19.9 Å². The molecule has 1 aromatic carbocycles. The maximum Gasteiger partial charge on any atom is 0.254 e. The minimum absolute atomic E-state index is 0.137. The van der Waals surface area contributed by atoms with E-state index in [1.54, 1.807) is 6.20 Å². The van der Waals surface area contributed by atoms with Crippen molar-refractivity contribution >= 4 is 16.8 Å². The van der Waals surface area contributed by atoms with Crippen molar-refractivity contribution < 1.29 is 4.79 Å². The summed E-state index contributed by atoms with van der Waals surface area (Å²) in [5.41, 5.74) is 1.69. The van der Waals surface area contributed by atoms with Crippen molar-refractivity contribution in [1.29, 1.82) is 0 Å². The second-order valence-corrected chi connectivity index (χ2v) is 6.76. The fourth-order valence-electron chi connectivity index (χ4n) is 3.27. The van der Waals surface area contributed by atoms with Crippen molar-refractivity contribution in [3.05, 3.63) is 42.1 Å². The Kier molecular flexibility index (Phi) is 4.91. The van der Waals surface area contributed by atoms with Crippen LogP contribution in [0.2, 0.25) is 0 Å². The highest BCUT2D eigenvalue weighted by Gasteiger charge is 2.26. The molecule has 1 amide bonds. The molecule has 0 bridgehead atoms. The second-order valence-electron chi connectivity index (χ2n) is 6.76. The zero-order valence-electron chi connectivity index (χ0n) is 14.0. The molecule has 4 nitrogen and oxygen atoms in total. The maximum atomic E-state index is 13.1. The van der Waals surface area contributed by atoms with Crippen LogP contribution in [0.1, 0.15) is 37.0 Å². The van der Waals surface area contributed by atoms with E-state index >= 15 is 0 Å². The van der Waals surface area contributed by atoms with Gasteiger partial charge >= 0.3 is 0 Å². The number of carbonyl (C=O) groups excluding carboxylic acids is 1. The molecule has 122 valence electrons. The number of hydrogen-bond acceptors (Lipinski definition) is 3. The lowest BCUT2D eigenvalue weighted by atomic mass is 10.0. The number of piperidine rings is 1. The lowest BCUT2D eigenvalue weighted by molar-refractivity contribution is 0.0620. The molecular weight excluding hydrogens is 286 g/mol. The third-order valence-corrected chi connectivity index (χ3v) is 4.38. The highest BCUT2D eigenvalue weighted by atomic mass is 16.2. The van der Waals surface area contributed by atoms with Gasteiger partial charge in [-0.2, -0.15) is 0 Å². The molecule has 1 saturated heterocycles. The van der Waals surface area contributed by atoms with Gasteiger partial charge in [0.1, 0.15) is 0 Å². The van der Waals surface area contributed by atoms with Crippen LogP contribution in [0, 0.1) is 5.92 Å². The van der Waals surface area contributed by atoms with Gasteiger partial charge in [0.05, 0.1) is 5.52 Å². The summed E-state index contributed by atoms with van der Waals surface area (Å²) in [6, 6.07) is 10.0. The van der Waals surface area contributed by atoms with Crippen molar-refractivity contribution in [2.45, 2.75) is 32.7 Å². The van der Waals surface area contributed by atoms with E-state index in [4.69, 9.17) is 0 Å². The minimum Gasteiger partial charge on any atom is -0.334 e. The van der Waals surface area contributed by atoms with Gasteiger partial charge in [-0.05, 0) is 49.6 Å². The molecule has 1 atom stereocenters. The number of amides is 1. The maximum absolute atomic E-state index is 13.1. The number of pyridine rings is 1. The SMILES string of the molecule is CC(C)CN(C(=O)c1ccc2ncccc2c1)C1CCCNC1. The highest BCUT2D eigenvalue weighted by Crippen LogP contribution is 2.19. The molecule has 2 heterocycles. The third-order valence-electron chi connectivity index (χ3n) is 4.38. The summed E-state index contributed by atoms with van der Waals surface area (Å²) < 4.78 is 0. The van der Waals surface area contributed by atoms with E-state index in [0.717, 1.165) is 48.9 Å². The Morgan fingerprint density at radius 1 is 1.39 bits per heavy atom. The summed E-state index contributed by atoms with van der Waals surface area (Å²) in [5.74, 6) is 0.598. The second kappa shape index (κ2) is 7.09. The molecule has 3 rings (SSSR count). The number of carbonyl (C=O) groups is 1. The van der Waals surface area contributed by atoms with Crippen LogP contribution in [0.5, 0.6) is 0 Å². The fourth-order valence-corrected chi connectivity index (χ4v) is 3.27. The molecule has 1 aliphatic heterocycles. The Labute approximate surface area is 137 Å². The highest BCUT2D eigenvalue weighted by molar-refractivity contribution is 5.98. The van der Waals surface area contributed by atoms with E-state index in [-0.39, 0.29) is 5.91 Å². The summed E-state index contributed by atoms with van der Waals surface area (Å²) in [4.78, 5) is 19.5. The first-order valence-electron chi connectivity index (χ1n) is 8.51. The van der Waals surface area contributed by atoms with Crippen LogP contribution >= 0.6 is 0 Å². The van der Waals surface area contributed by atoms with Crippen LogP contribution in [0.4, 0.5) is 0 Å². The normalized spacial score (nSPS) is 18.3. The van der Waals surface area contributed by atoms with Gasteiger partial charge in [-0.3, -0.25) is 9.78 Å². The lowest BCUT2D eigenvalue weighted by Crippen LogP contribution is -2.50. The van der Waals surface area contributed by atoms with Gasteiger partial charge in [-0.15, -0.1) is 0 Å². The molecule has 2 aromatic rings. The van der Waals surface area contributed by atoms with Gasteiger partial charge in [0.2, 0.25) is 0 Å². The fraction of sp³-hybridized carbons (Fsp3) is 0.474. The number of rotatable bonds is 4. The van der Waals surface area contributed by atoms with Crippen molar-refractivity contribution in [1.82, 2.24) is 15.2 Å². The quantitative estimate of drug-likeness (QED) is 0.944. The van der Waals surface area contributed by atoms with E-state index in [1.165, 1.54) is 0 Å². The molecule has 1 unspecified atom stereocenters. The van der Waals surface area contributed by atoms with Crippen molar-refractivity contribution in [3.8, 4) is 0 Å². The van der Waals surface area contributed by atoms with Gasteiger partial charge < -0.3 is 10.2 Å². The predicted molar refractivity (Wildman–Crippen MR) is 93.5 cm³/mol. The molecule has 1 aliphatic rings. The Morgan fingerprint density at radius 3 is 3.00 bits per heavy atom. The number of nitrogens with one attached hydrogen (secondary N) is 1. The number of hydrogen-bond donors (Lipinski definition) is 1. The lowest BCUT2D eigenvalue weighted by Gasteiger charge is -2.36. The van der Waals surface area contributed by atoms with Crippen LogP contribution in [0.15, 0.2) is 36.5 Å². The molecular formula is C19H25N3O. The first kappa shape index (κ1) is 15.9. The Bertz CT molecular complexity index is 677. The van der Waals surface area contributed by atoms with Crippen LogP contribution in [-0.4, -0.2) is 41.5 Å². The van der Waals surface area contributed by atoms with Crippen LogP contribution < -0.4 is 5.32 Å². The van der Waals surface area contributed by atoms with Crippen LogP contribution in [-0.2, 0) is 0 Å². The Hall–Kier alpha value is -1.94. The molecule has 0 spiro atoms. The van der Waals surface area contributed by atoms with Crippen molar-refractivity contribution in [3.63, 3.8) is 0 Å². The van der Waals surface area contributed by atoms with Crippen LogP contribution in [0.3, 0.4) is 0 Å². The standard InChI is InChI=1S/C19H25N3O/c1-14(2)13-22(17-6-4-9-20-12-17)19(23)16-7-8-18-15(11-16)5-3-10-21-18/h3,5,7-8,10-11,14,17,20H,4,6,9,12-13H2,1-2H3. The molecule has 4 heteroatoms. The van der Waals surface area contributed by atoms with Crippen LogP contribution in [0.25, 0.3) is 10.9 Å². The smallest absolute Gasteiger partial charge is 0.254 e. The molecule has 0 radical (unpaired) electrons. The molecule has 1 N–H and O–H groups in total. The molecule has 0 aliphatic carbocycles.